The Hall–Kier alpha value is -1.83. The van der Waals surface area contributed by atoms with Crippen molar-refractivity contribution in [3.8, 4) is 5.88 Å². The third-order valence-electron chi connectivity index (χ3n) is 3.55. The molecule has 0 radical (unpaired) electrons. The molecule has 122 valence electrons. The molecule has 23 heavy (non-hydrogen) atoms. The van der Waals surface area contributed by atoms with Gasteiger partial charge in [0.05, 0.1) is 24.0 Å². The Labute approximate surface area is 139 Å². The van der Waals surface area contributed by atoms with Crippen LogP contribution in [0.4, 0.5) is 18.9 Å². The number of halogens is 4. The molecule has 1 atom stereocenters. The van der Waals surface area contributed by atoms with Crippen molar-refractivity contribution >= 4 is 21.6 Å². The van der Waals surface area contributed by atoms with Crippen LogP contribution >= 0.6 is 15.9 Å². The van der Waals surface area contributed by atoms with Gasteiger partial charge in [-0.25, -0.2) is 4.98 Å². The quantitative estimate of drug-likeness (QED) is 0.799. The number of ether oxygens (including phenoxy) is 1. The van der Waals surface area contributed by atoms with Crippen molar-refractivity contribution in [2.24, 2.45) is 0 Å². The molecule has 3 heterocycles. The maximum absolute atomic E-state index is 12.5. The summed E-state index contributed by atoms with van der Waals surface area (Å²) in [6.07, 6.45) is 0.542. The largest absolute Gasteiger partial charge is 0.472 e. The van der Waals surface area contributed by atoms with Gasteiger partial charge in [0.2, 0.25) is 5.88 Å². The van der Waals surface area contributed by atoms with Gasteiger partial charge in [0.15, 0.2) is 0 Å². The average Bonchev–Trinajstić information content (AvgIpc) is 2.95. The highest BCUT2D eigenvalue weighted by Gasteiger charge is 2.31. The van der Waals surface area contributed by atoms with Crippen molar-refractivity contribution in [1.82, 2.24) is 9.97 Å². The van der Waals surface area contributed by atoms with Crippen molar-refractivity contribution in [2.45, 2.75) is 18.7 Å². The first kappa shape index (κ1) is 16.0. The van der Waals surface area contributed by atoms with Gasteiger partial charge in [-0.2, -0.15) is 13.2 Å². The second-order valence-corrected chi connectivity index (χ2v) is 6.13. The molecular weight excluding hydrogens is 375 g/mol. The van der Waals surface area contributed by atoms with Crippen LogP contribution in [0.5, 0.6) is 5.88 Å². The summed E-state index contributed by atoms with van der Waals surface area (Å²) in [6.45, 7) is 1.43. The van der Waals surface area contributed by atoms with E-state index in [2.05, 4.69) is 30.8 Å². The number of hydrogen-bond acceptors (Lipinski definition) is 4. The molecule has 1 aliphatic heterocycles. The molecule has 1 aliphatic rings. The molecule has 8 heteroatoms. The Morgan fingerprint density at radius 2 is 2.04 bits per heavy atom. The maximum atomic E-state index is 12.5. The average molecular weight is 388 g/mol. The lowest BCUT2D eigenvalue weighted by atomic mass is 10.3. The number of anilines is 1. The van der Waals surface area contributed by atoms with Crippen LogP contribution in [0.1, 0.15) is 12.0 Å². The van der Waals surface area contributed by atoms with Gasteiger partial charge in [-0.05, 0) is 28.1 Å². The van der Waals surface area contributed by atoms with Crippen LogP contribution in [-0.4, -0.2) is 29.2 Å². The number of nitrogens with zero attached hydrogens (tertiary/aromatic N) is 3. The van der Waals surface area contributed by atoms with Crippen LogP contribution in [0.2, 0.25) is 0 Å². The van der Waals surface area contributed by atoms with Crippen molar-refractivity contribution in [3.05, 3.63) is 46.8 Å². The molecule has 4 nitrogen and oxygen atoms in total. The number of hydrogen-bond donors (Lipinski definition) is 0. The molecular formula is C15H13BrF3N3O. The normalized spacial score (nSPS) is 18.3. The number of aromatic nitrogens is 2. The van der Waals surface area contributed by atoms with Gasteiger partial charge < -0.3 is 9.64 Å². The summed E-state index contributed by atoms with van der Waals surface area (Å²) >= 11 is 3.38. The van der Waals surface area contributed by atoms with Crippen LogP contribution in [0, 0.1) is 0 Å². The minimum atomic E-state index is -4.39. The maximum Gasteiger partial charge on any atom is 0.417 e. The van der Waals surface area contributed by atoms with E-state index in [0.29, 0.717) is 6.54 Å². The van der Waals surface area contributed by atoms with E-state index in [9.17, 15) is 13.2 Å². The third-order valence-corrected chi connectivity index (χ3v) is 3.99. The molecule has 0 saturated carbocycles. The van der Waals surface area contributed by atoms with Crippen LogP contribution in [0.25, 0.3) is 0 Å². The first-order chi connectivity index (χ1) is 10.9. The second kappa shape index (κ2) is 6.35. The Morgan fingerprint density at radius 3 is 2.70 bits per heavy atom. The number of alkyl halides is 3. The van der Waals surface area contributed by atoms with E-state index < -0.39 is 11.7 Å². The van der Waals surface area contributed by atoms with Gasteiger partial charge >= 0.3 is 6.18 Å². The van der Waals surface area contributed by atoms with Gasteiger partial charge in [0.1, 0.15) is 6.10 Å². The van der Waals surface area contributed by atoms with E-state index >= 15 is 0 Å². The molecule has 1 unspecified atom stereocenters. The van der Waals surface area contributed by atoms with Gasteiger partial charge in [-0.3, -0.25) is 4.98 Å². The summed E-state index contributed by atoms with van der Waals surface area (Å²) in [6, 6.07) is 4.20. The van der Waals surface area contributed by atoms with Crippen LogP contribution in [0.3, 0.4) is 0 Å². The predicted molar refractivity (Wildman–Crippen MR) is 82.4 cm³/mol. The molecule has 0 aliphatic carbocycles. The zero-order chi connectivity index (χ0) is 16.4. The highest BCUT2D eigenvalue weighted by Crippen LogP contribution is 2.30. The molecule has 0 spiro atoms. The molecule has 3 rings (SSSR count). The smallest absolute Gasteiger partial charge is 0.417 e. The molecule has 0 amide bonds. The fourth-order valence-corrected chi connectivity index (χ4v) is 2.77. The summed E-state index contributed by atoms with van der Waals surface area (Å²) in [5.41, 5.74) is 0.198. The summed E-state index contributed by atoms with van der Waals surface area (Å²) < 4.78 is 44.1. The van der Waals surface area contributed by atoms with E-state index in [0.717, 1.165) is 35.4 Å². The first-order valence-corrected chi connectivity index (χ1v) is 7.76. The second-order valence-electron chi connectivity index (χ2n) is 5.22. The van der Waals surface area contributed by atoms with Gasteiger partial charge in [0.25, 0.3) is 0 Å². The monoisotopic (exact) mass is 387 g/mol. The topological polar surface area (TPSA) is 38.2 Å². The molecule has 1 saturated heterocycles. The van der Waals surface area contributed by atoms with Gasteiger partial charge in [0, 0.05) is 35.9 Å². The van der Waals surface area contributed by atoms with Gasteiger partial charge in [-0.15, -0.1) is 0 Å². The Balaban J connectivity index is 1.62. The molecule has 0 bridgehead atoms. The SMILES string of the molecule is FC(F)(F)c1ccc(OC2CCN(c3cncc(Br)c3)C2)nc1. The predicted octanol–water partition coefficient (Wildman–Crippen LogP) is 3.92. The molecule has 0 N–H and O–H groups in total. The molecule has 2 aromatic heterocycles. The molecule has 2 aromatic rings. The Morgan fingerprint density at radius 1 is 1.22 bits per heavy atom. The fraction of sp³-hybridized carbons (Fsp3) is 0.333. The van der Waals surface area contributed by atoms with E-state index in [-0.39, 0.29) is 12.0 Å². The standard InChI is InChI=1S/C15H13BrF3N3O/c16-11-5-12(8-20-7-11)22-4-3-13(9-22)23-14-2-1-10(6-21-14)15(17,18)19/h1-2,5-8,13H,3-4,9H2. The highest BCUT2D eigenvalue weighted by molar-refractivity contribution is 9.10. The van der Waals surface area contributed by atoms with E-state index in [4.69, 9.17) is 4.74 Å². The Bertz CT molecular complexity index is 678. The minimum Gasteiger partial charge on any atom is -0.472 e. The number of rotatable bonds is 3. The lowest BCUT2D eigenvalue weighted by molar-refractivity contribution is -0.137. The number of pyridine rings is 2. The zero-order valence-electron chi connectivity index (χ0n) is 11.9. The molecule has 1 fully saturated rings. The van der Waals surface area contributed by atoms with E-state index in [1.807, 2.05) is 6.07 Å². The first-order valence-electron chi connectivity index (χ1n) is 6.97. The van der Waals surface area contributed by atoms with Crippen molar-refractivity contribution < 1.29 is 17.9 Å². The fourth-order valence-electron chi connectivity index (χ4n) is 2.42. The van der Waals surface area contributed by atoms with E-state index in [1.165, 1.54) is 6.07 Å². The van der Waals surface area contributed by atoms with Crippen LogP contribution < -0.4 is 9.64 Å². The van der Waals surface area contributed by atoms with Crippen molar-refractivity contribution in [3.63, 3.8) is 0 Å². The summed E-state index contributed by atoms with van der Waals surface area (Å²) in [4.78, 5) is 9.98. The lowest BCUT2D eigenvalue weighted by Gasteiger charge is -2.18. The summed E-state index contributed by atoms with van der Waals surface area (Å²) in [5.74, 6) is 0.206. The Kier molecular flexibility index (Phi) is 4.43. The lowest BCUT2D eigenvalue weighted by Crippen LogP contribution is -2.24. The zero-order valence-corrected chi connectivity index (χ0v) is 13.5. The third kappa shape index (κ3) is 3.93. The van der Waals surface area contributed by atoms with Crippen molar-refractivity contribution in [2.75, 3.05) is 18.0 Å². The minimum absolute atomic E-state index is 0.113. The molecule has 0 aromatic carbocycles. The summed E-state index contributed by atoms with van der Waals surface area (Å²) in [5, 5.41) is 0. The van der Waals surface area contributed by atoms with Crippen LogP contribution in [-0.2, 0) is 6.18 Å². The van der Waals surface area contributed by atoms with Crippen molar-refractivity contribution in [1.29, 1.82) is 0 Å². The van der Waals surface area contributed by atoms with Gasteiger partial charge in [-0.1, -0.05) is 0 Å². The summed E-state index contributed by atoms with van der Waals surface area (Å²) in [7, 11) is 0. The van der Waals surface area contributed by atoms with Crippen LogP contribution in [0.15, 0.2) is 41.3 Å². The highest BCUT2D eigenvalue weighted by atomic mass is 79.9. The van der Waals surface area contributed by atoms with E-state index in [1.54, 1.807) is 12.4 Å².